The minimum atomic E-state index is 0.962. The van der Waals surface area contributed by atoms with E-state index in [2.05, 4.69) is 36.4 Å². The van der Waals surface area contributed by atoms with Crippen molar-refractivity contribution in [3.05, 3.63) is 0 Å². The molecule has 0 radical (unpaired) electrons. The maximum atomic E-state index is 3.91. The molecule has 62 valence electrons. The first-order valence-electron chi connectivity index (χ1n) is 3.86. The van der Waals surface area contributed by atoms with Crippen LogP contribution in [-0.2, 0) is 0 Å². The second kappa shape index (κ2) is 7.38. The van der Waals surface area contributed by atoms with Crippen LogP contribution in [0.25, 0.3) is 0 Å². The molecule has 0 amide bonds. The molecule has 0 saturated heterocycles. The van der Waals surface area contributed by atoms with Gasteiger partial charge in [-0.25, -0.2) is 0 Å². The van der Waals surface area contributed by atoms with Gasteiger partial charge in [0.25, 0.3) is 0 Å². The Balaban J connectivity index is 3.00. The van der Waals surface area contributed by atoms with Crippen molar-refractivity contribution >= 4 is 12.8 Å². The van der Waals surface area contributed by atoms with E-state index in [0.717, 1.165) is 13.1 Å². The van der Waals surface area contributed by atoms with Gasteiger partial charge in [-0.1, -0.05) is 26.2 Å². The summed E-state index contributed by atoms with van der Waals surface area (Å²) in [6, 6.07) is 0. The minimum Gasteiger partial charge on any atom is -0.305 e. The highest BCUT2D eigenvalue weighted by Gasteiger charge is 1.94. The average Bonchev–Trinajstić information content (AvgIpc) is 1.97. The van der Waals surface area contributed by atoms with Gasteiger partial charge in [-0.05, 0) is 20.0 Å². The van der Waals surface area contributed by atoms with Crippen molar-refractivity contribution in [2.24, 2.45) is 0 Å². The van der Waals surface area contributed by atoms with Crippen LogP contribution in [0.1, 0.15) is 19.8 Å². The Labute approximate surface area is 69.5 Å². The molecule has 0 rings (SSSR count). The molecule has 0 aromatic heterocycles. The molecule has 0 aliphatic heterocycles. The van der Waals surface area contributed by atoms with E-state index in [1.54, 1.807) is 0 Å². The van der Waals surface area contributed by atoms with Gasteiger partial charge < -0.3 is 4.90 Å². The molecule has 0 fully saturated rings. The number of thiol groups is 1. The number of hydrogen-bond acceptors (Lipinski definition) is 3. The van der Waals surface area contributed by atoms with E-state index in [9.17, 15) is 0 Å². The Morgan fingerprint density at radius 1 is 1.40 bits per heavy atom. The molecule has 0 spiro atoms. The van der Waals surface area contributed by atoms with Crippen molar-refractivity contribution in [2.75, 3.05) is 26.7 Å². The molecular formula is C7H18N2S. The quantitative estimate of drug-likeness (QED) is 0.570. The first-order chi connectivity index (χ1) is 4.81. The zero-order valence-electron chi connectivity index (χ0n) is 6.93. The molecule has 0 atom stereocenters. The highest BCUT2D eigenvalue weighted by Crippen LogP contribution is 1.89. The van der Waals surface area contributed by atoms with Gasteiger partial charge in [0.15, 0.2) is 0 Å². The van der Waals surface area contributed by atoms with Crippen molar-refractivity contribution in [1.29, 1.82) is 0 Å². The van der Waals surface area contributed by atoms with Crippen molar-refractivity contribution < 1.29 is 0 Å². The molecule has 0 heterocycles. The first kappa shape index (κ1) is 10.3. The number of nitrogens with zero attached hydrogens (tertiary/aromatic N) is 1. The summed E-state index contributed by atoms with van der Waals surface area (Å²) in [5.41, 5.74) is 0. The third kappa shape index (κ3) is 6.39. The number of rotatable bonds is 6. The molecule has 0 unspecified atom stereocenters. The summed E-state index contributed by atoms with van der Waals surface area (Å²) in [5, 5.41) is 0. The number of likely N-dealkylation sites (N-methyl/N-ethyl adjacent to an activating group) is 1. The molecule has 3 heteroatoms. The second-order valence-corrected chi connectivity index (χ2v) is 2.88. The van der Waals surface area contributed by atoms with Crippen LogP contribution in [0.3, 0.4) is 0 Å². The van der Waals surface area contributed by atoms with Gasteiger partial charge in [0.1, 0.15) is 0 Å². The first-order valence-corrected chi connectivity index (χ1v) is 4.31. The average molecular weight is 162 g/mol. The lowest BCUT2D eigenvalue weighted by Crippen LogP contribution is -2.26. The maximum absolute atomic E-state index is 3.91. The van der Waals surface area contributed by atoms with Crippen LogP contribution in [0, 0.1) is 0 Å². The Kier molecular flexibility index (Phi) is 7.58. The Morgan fingerprint density at radius 3 is 2.60 bits per heavy atom. The van der Waals surface area contributed by atoms with Gasteiger partial charge in [-0.3, -0.25) is 4.72 Å². The summed E-state index contributed by atoms with van der Waals surface area (Å²) >= 11 is 3.91. The zero-order valence-corrected chi connectivity index (χ0v) is 7.82. The van der Waals surface area contributed by atoms with Crippen LogP contribution < -0.4 is 4.72 Å². The Bertz CT molecular complexity index is 60.6. The third-order valence-corrected chi connectivity index (χ3v) is 1.72. The molecule has 0 aromatic rings. The lowest BCUT2D eigenvalue weighted by atomic mass is 10.3. The van der Waals surface area contributed by atoms with Crippen LogP contribution >= 0.6 is 12.8 Å². The highest BCUT2D eigenvalue weighted by atomic mass is 32.1. The maximum Gasteiger partial charge on any atom is 0.0184 e. The topological polar surface area (TPSA) is 15.3 Å². The lowest BCUT2D eigenvalue weighted by Gasteiger charge is -2.14. The molecule has 1 N–H and O–H groups in total. The molecule has 2 nitrogen and oxygen atoms in total. The fourth-order valence-corrected chi connectivity index (χ4v) is 0.881. The van der Waals surface area contributed by atoms with E-state index >= 15 is 0 Å². The van der Waals surface area contributed by atoms with Gasteiger partial charge >= 0.3 is 0 Å². The normalized spacial score (nSPS) is 10.8. The molecule has 0 aliphatic carbocycles. The second-order valence-electron chi connectivity index (χ2n) is 2.56. The summed E-state index contributed by atoms with van der Waals surface area (Å²) in [6.45, 7) is 5.46. The monoisotopic (exact) mass is 162 g/mol. The highest BCUT2D eigenvalue weighted by molar-refractivity contribution is 7.78. The van der Waals surface area contributed by atoms with Crippen LogP contribution in [-0.4, -0.2) is 31.6 Å². The largest absolute Gasteiger partial charge is 0.305 e. The van der Waals surface area contributed by atoms with E-state index < -0.39 is 0 Å². The van der Waals surface area contributed by atoms with E-state index in [-0.39, 0.29) is 0 Å². The van der Waals surface area contributed by atoms with Crippen LogP contribution in [0.15, 0.2) is 0 Å². The molecule has 10 heavy (non-hydrogen) atoms. The van der Waals surface area contributed by atoms with Gasteiger partial charge in [0, 0.05) is 13.1 Å². The third-order valence-electron chi connectivity index (χ3n) is 1.50. The standard InChI is InChI=1S/C7H18N2S/c1-3-4-6-9(2)7-5-8-10/h8,10H,3-7H2,1-2H3. The Hall–Kier alpha value is 0.270. The van der Waals surface area contributed by atoms with Crippen molar-refractivity contribution in [2.45, 2.75) is 19.8 Å². The van der Waals surface area contributed by atoms with Gasteiger partial charge in [-0.2, -0.15) is 0 Å². The predicted octanol–water partition coefficient (Wildman–Crippen LogP) is 1.15. The van der Waals surface area contributed by atoms with Crippen LogP contribution in [0.2, 0.25) is 0 Å². The van der Waals surface area contributed by atoms with E-state index in [0.29, 0.717) is 0 Å². The van der Waals surface area contributed by atoms with Crippen LogP contribution in [0.4, 0.5) is 0 Å². The number of nitrogens with one attached hydrogen (secondary N) is 1. The zero-order chi connectivity index (χ0) is 7.82. The molecule has 0 saturated carbocycles. The Morgan fingerprint density at radius 2 is 2.10 bits per heavy atom. The fraction of sp³-hybridized carbons (Fsp3) is 1.00. The van der Waals surface area contributed by atoms with Crippen molar-refractivity contribution in [3.8, 4) is 0 Å². The molecule has 0 aromatic carbocycles. The summed E-state index contributed by atoms with van der Waals surface area (Å²) in [4.78, 5) is 2.31. The summed E-state index contributed by atoms with van der Waals surface area (Å²) in [5.74, 6) is 0. The van der Waals surface area contributed by atoms with Crippen molar-refractivity contribution in [1.82, 2.24) is 9.62 Å². The van der Waals surface area contributed by atoms with Gasteiger partial charge in [0.05, 0.1) is 0 Å². The summed E-state index contributed by atoms with van der Waals surface area (Å²) in [6.07, 6.45) is 2.57. The molecule has 0 bridgehead atoms. The van der Waals surface area contributed by atoms with E-state index in [1.807, 2.05) is 0 Å². The van der Waals surface area contributed by atoms with Gasteiger partial charge in [-0.15, -0.1) is 0 Å². The SMILES string of the molecule is CCCCN(C)CCNS. The van der Waals surface area contributed by atoms with E-state index in [1.165, 1.54) is 19.4 Å². The lowest BCUT2D eigenvalue weighted by molar-refractivity contribution is 0.334. The van der Waals surface area contributed by atoms with Gasteiger partial charge in [0.2, 0.25) is 0 Å². The van der Waals surface area contributed by atoms with Crippen LogP contribution in [0.5, 0.6) is 0 Å². The molecular weight excluding hydrogens is 144 g/mol. The minimum absolute atomic E-state index is 0.962. The fourth-order valence-electron chi connectivity index (χ4n) is 0.781. The van der Waals surface area contributed by atoms with Crippen molar-refractivity contribution in [3.63, 3.8) is 0 Å². The predicted molar refractivity (Wildman–Crippen MR) is 49.4 cm³/mol. The number of hydrogen-bond donors (Lipinski definition) is 2. The summed E-state index contributed by atoms with van der Waals surface area (Å²) in [7, 11) is 2.14. The van der Waals surface area contributed by atoms with E-state index in [4.69, 9.17) is 0 Å². The summed E-state index contributed by atoms with van der Waals surface area (Å²) < 4.78 is 2.83. The number of unbranched alkanes of at least 4 members (excludes halogenated alkanes) is 1. The molecule has 0 aliphatic rings. The smallest absolute Gasteiger partial charge is 0.0184 e.